The van der Waals surface area contributed by atoms with E-state index in [0.29, 0.717) is 35.4 Å². The zero-order chi connectivity index (χ0) is 24.8. The third-order valence-corrected chi connectivity index (χ3v) is 6.87. The van der Waals surface area contributed by atoms with E-state index in [9.17, 15) is 19.8 Å². The summed E-state index contributed by atoms with van der Waals surface area (Å²) in [5, 5.41) is 23.5. The molecule has 1 amide bonds. The van der Waals surface area contributed by atoms with Crippen molar-refractivity contribution < 1.29 is 29.3 Å². The van der Waals surface area contributed by atoms with Gasteiger partial charge >= 0.3 is 5.97 Å². The van der Waals surface area contributed by atoms with E-state index in [4.69, 9.17) is 21.1 Å². The number of phenols is 1. The Bertz CT molecular complexity index is 1260. The van der Waals surface area contributed by atoms with Gasteiger partial charge in [-0.15, -0.1) is 0 Å². The van der Waals surface area contributed by atoms with Crippen LogP contribution in [0.25, 0.3) is 10.9 Å². The molecule has 1 saturated heterocycles. The molecule has 34 heavy (non-hydrogen) atoms. The number of aliphatic carboxylic acids is 1. The maximum Gasteiger partial charge on any atom is 0.311 e. The Morgan fingerprint density at radius 3 is 2.35 bits per heavy atom. The minimum absolute atomic E-state index is 0.0552. The number of aromatic hydroxyl groups is 1. The van der Waals surface area contributed by atoms with Crippen LogP contribution < -0.4 is 10.1 Å². The molecule has 0 aliphatic carbocycles. The third-order valence-electron chi connectivity index (χ3n) is 6.48. The molecule has 1 atom stereocenters. The highest BCUT2D eigenvalue weighted by Gasteiger charge is 2.42. The number of aromatic nitrogens is 1. The first-order valence-electron chi connectivity index (χ1n) is 10.9. The first kappa shape index (κ1) is 23.9. The minimum atomic E-state index is -0.866. The maximum absolute atomic E-state index is 13.3. The van der Waals surface area contributed by atoms with Crippen molar-refractivity contribution in [2.75, 3.05) is 20.3 Å². The molecule has 1 aromatic heterocycles. The van der Waals surface area contributed by atoms with Crippen LogP contribution in [0.2, 0.25) is 5.02 Å². The lowest BCUT2D eigenvalue weighted by Gasteiger charge is -2.42. The fourth-order valence-electron chi connectivity index (χ4n) is 4.49. The molecule has 3 N–H and O–H groups in total. The summed E-state index contributed by atoms with van der Waals surface area (Å²) < 4.78 is 12.3. The number of carboxylic acid groups (broad SMARTS) is 1. The van der Waals surface area contributed by atoms with Crippen LogP contribution in [0.1, 0.15) is 41.4 Å². The molecule has 2 aromatic carbocycles. The smallest absolute Gasteiger partial charge is 0.311 e. The Hall–Kier alpha value is -3.23. The van der Waals surface area contributed by atoms with E-state index in [1.807, 2.05) is 26.0 Å². The summed E-state index contributed by atoms with van der Waals surface area (Å²) in [6.07, 6.45) is 0. The second-order valence-electron chi connectivity index (χ2n) is 8.97. The Labute approximate surface area is 202 Å². The number of methoxy groups -OCH3 is 1. The number of aryl methyl sites for hydroxylation is 1. The van der Waals surface area contributed by atoms with Gasteiger partial charge in [-0.3, -0.25) is 9.59 Å². The Kier molecular flexibility index (Phi) is 6.22. The van der Waals surface area contributed by atoms with Gasteiger partial charge in [-0.05, 0) is 23.1 Å². The van der Waals surface area contributed by atoms with E-state index in [-0.39, 0.29) is 28.3 Å². The predicted molar refractivity (Wildman–Crippen MR) is 128 cm³/mol. The minimum Gasteiger partial charge on any atom is -0.503 e. The third kappa shape index (κ3) is 3.86. The summed E-state index contributed by atoms with van der Waals surface area (Å²) in [7, 11) is 3.17. The average molecular weight is 487 g/mol. The van der Waals surface area contributed by atoms with Crippen molar-refractivity contribution in [3.8, 4) is 11.5 Å². The van der Waals surface area contributed by atoms with Gasteiger partial charge in [0.15, 0.2) is 11.5 Å². The van der Waals surface area contributed by atoms with Crippen LogP contribution in [0.5, 0.6) is 11.5 Å². The van der Waals surface area contributed by atoms with Crippen LogP contribution in [0.4, 0.5) is 0 Å². The number of nitrogens with zero attached hydrogens (tertiary/aromatic N) is 1. The van der Waals surface area contributed by atoms with Gasteiger partial charge in [0.25, 0.3) is 5.91 Å². The number of carbonyl (C=O) groups excluding carboxylic acids is 1. The van der Waals surface area contributed by atoms with Crippen molar-refractivity contribution in [2.45, 2.75) is 25.3 Å². The lowest BCUT2D eigenvalue weighted by molar-refractivity contribution is -0.139. The standard InChI is InChI=1S/C25H27ClN2O6/c1-13(2)20(24(31)32)14-5-7-15(8-6-14)25(11-34-12-25)27-23(30)18-9-16-17(28(18)3)10-19(33-4)22(29)21(16)26/h5-10,13,20,29H,11-12H2,1-4H3,(H,27,30)(H,31,32). The number of carboxylic acids is 1. The lowest BCUT2D eigenvalue weighted by atomic mass is 9.84. The number of rotatable bonds is 7. The summed E-state index contributed by atoms with van der Waals surface area (Å²) in [6.45, 7) is 4.34. The molecule has 0 radical (unpaired) electrons. The van der Waals surface area contributed by atoms with Crippen molar-refractivity contribution in [2.24, 2.45) is 13.0 Å². The Morgan fingerprint density at radius 2 is 1.85 bits per heavy atom. The molecule has 4 rings (SSSR count). The number of halogens is 1. The molecule has 0 bridgehead atoms. The fourth-order valence-corrected chi connectivity index (χ4v) is 4.74. The summed E-state index contributed by atoms with van der Waals surface area (Å²) in [4.78, 5) is 25.0. The molecule has 9 heteroatoms. The zero-order valence-electron chi connectivity index (χ0n) is 19.4. The molecule has 3 aromatic rings. The first-order valence-corrected chi connectivity index (χ1v) is 11.3. The molecule has 1 aliphatic heterocycles. The van der Waals surface area contributed by atoms with Gasteiger partial charge in [0.2, 0.25) is 0 Å². The van der Waals surface area contributed by atoms with E-state index < -0.39 is 17.4 Å². The van der Waals surface area contributed by atoms with Crippen molar-refractivity contribution in [1.29, 1.82) is 0 Å². The number of fused-ring (bicyclic) bond motifs is 1. The van der Waals surface area contributed by atoms with Crippen molar-refractivity contribution in [1.82, 2.24) is 9.88 Å². The van der Waals surface area contributed by atoms with E-state index in [0.717, 1.165) is 5.56 Å². The van der Waals surface area contributed by atoms with Gasteiger partial charge in [0.05, 0.1) is 36.8 Å². The van der Waals surface area contributed by atoms with Gasteiger partial charge in [-0.25, -0.2) is 0 Å². The van der Waals surface area contributed by atoms with Crippen LogP contribution in [0.15, 0.2) is 36.4 Å². The van der Waals surface area contributed by atoms with E-state index in [2.05, 4.69) is 5.32 Å². The number of nitrogens with one attached hydrogen (secondary N) is 1. The van der Waals surface area contributed by atoms with Crippen LogP contribution in [0, 0.1) is 5.92 Å². The summed E-state index contributed by atoms with van der Waals surface area (Å²) in [5.41, 5.74) is 1.82. The normalized spacial score (nSPS) is 15.7. The highest BCUT2D eigenvalue weighted by Crippen LogP contribution is 2.41. The van der Waals surface area contributed by atoms with Crippen molar-refractivity contribution >= 4 is 34.4 Å². The number of ether oxygens (including phenoxy) is 2. The first-order chi connectivity index (χ1) is 16.1. The van der Waals surface area contributed by atoms with Crippen molar-refractivity contribution in [3.05, 3.63) is 58.2 Å². The number of phenolic OH excluding ortho intramolecular Hbond substituents is 1. The SMILES string of the molecule is COc1cc2c(cc(C(=O)NC3(c4ccc(C(C(=O)O)C(C)C)cc4)COC3)n2C)c(Cl)c1O. The molecule has 180 valence electrons. The van der Waals surface area contributed by atoms with Gasteiger partial charge in [-0.1, -0.05) is 49.7 Å². The summed E-state index contributed by atoms with van der Waals surface area (Å²) in [5.74, 6) is -1.82. The Balaban J connectivity index is 1.65. The molecule has 1 aliphatic rings. The van der Waals surface area contributed by atoms with Gasteiger partial charge < -0.3 is 29.6 Å². The second-order valence-corrected chi connectivity index (χ2v) is 9.35. The lowest BCUT2D eigenvalue weighted by Crippen LogP contribution is -2.59. The average Bonchev–Trinajstić information content (AvgIpc) is 3.10. The highest BCUT2D eigenvalue weighted by molar-refractivity contribution is 6.37. The topological polar surface area (TPSA) is 110 Å². The highest BCUT2D eigenvalue weighted by atomic mass is 35.5. The van der Waals surface area contributed by atoms with Crippen molar-refractivity contribution in [3.63, 3.8) is 0 Å². The monoisotopic (exact) mass is 486 g/mol. The number of carbonyl (C=O) groups is 2. The van der Waals surface area contributed by atoms with Crippen LogP contribution in [-0.2, 0) is 22.1 Å². The van der Waals surface area contributed by atoms with E-state index in [1.54, 1.807) is 35.9 Å². The molecular weight excluding hydrogens is 460 g/mol. The number of hydrogen-bond acceptors (Lipinski definition) is 5. The number of hydrogen-bond donors (Lipinski definition) is 3. The molecular formula is C25H27ClN2O6. The number of benzene rings is 2. The fraction of sp³-hybridized carbons (Fsp3) is 0.360. The quantitative estimate of drug-likeness (QED) is 0.465. The molecule has 8 nitrogen and oxygen atoms in total. The number of amides is 1. The van der Waals surface area contributed by atoms with E-state index >= 15 is 0 Å². The second kappa shape index (κ2) is 8.85. The summed E-state index contributed by atoms with van der Waals surface area (Å²) >= 11 is 6.32. The maximum atomic E-state index is 13.3. The van der Waals surface area contributed by atoms with Crippen LogP contribution in [-0.4, -0.2) is 47.0 Å². The largest absolute Gasteiger partial charge is 0.503 e. The predicted octanol–water partition coefficient (Wildman–Crippen LogP) is 4.03. The molecule has 0 saturated carbocycles. The van der Waals surface area contributed by atoms with Gasteiger partial charge in [0, 0.05) is 18.5 Å². The van der Waals surface area contributed by atoms with Crippen LogP contribution >= 0.6 is 11.6 Å². The molecule has 2 heterocycles. The molecule has 1 fully saturated rings. The Morgan fingerprint density at radius 1 is 1.21 bits per heavy atom. The van der Waals surface area contributed by atoms with Gasteiger partial charge in [-0.2, -0.15) is 0 Å². The zero-order valence-corrected chi connectivity index (χ0v) is 20.1. The molecule has 1 unspecified atom stereocenters. The molecule has 0 spiro atoms. The summed E-state index contributed by atoms with van der Waals surface area (Å²) in [6, 6.07) is 10.5. The van der Waals surface area contributed by atoms with E-state index in [1.165, 1.54) is 7.11 Å². The van der Waals surface area contributed by atoms with Crippen LogP contribution in [0.3, 0.4) is 0 Å². The van der Waals surface area contributed by atoms with Gasteiger partial charge in [0.1, 0.15) is 11.2 Å².